The molecule has 2 fully saturated rings. The first-order valence-corrected chi connectivity index (χ1v) is 7.77. The molecule has 6 heteroatoms. The average molecular weight is 307 g/mol. The normalized spacial score (nSPS) is 33.2. The first-order chi connectivity index (χ1) is 9.78. The van der Waals surface area contributed by atoms with Crippen LogP contribution in [0, 0.1) is 10.8 Å². The summed E-state index contributed by atoms with van der Waals surface area (Å²) in [5.74, 6) is -0.212. The summed E-state index contributed by atoms with van der Waals surface area (Å²) in [5.41, 5.74) is -2.45. The predicted octanol–water partition coefficient (Wildman–Crippen LogP) is 3.17. The van der Waals surface area contributed by atoms with Gasteiger partial charge in [0, 0.05) is 12.6 Å². The number of fused-ring (bicyclic) bond motifs is 2. The van der Waals surface area contributed by atoms with E-state index in [0.717, 1.165) is 6.42 Å². The molecule has 122 valence electrons. The molecule has 1 unspecified atom stereocenters. The minimum Gasteiger partial charge on any atom is -0.396 e. The molecular weight excluding hydrogens is 283 g/mol. The van der Waals surface area contributed by atoms with Crippen LogP contribution in [0.2, 0.25) is 0 Å². The zero-order valence-electron chi connectivity index (χ0n) is 12.4. The monoisotopic (exact) mass is 307 g/mol. The van der Waals surface area contributed by atoms with Gasteiger partial charge in [0.15, 0.2) is 0 Å². The van der Waals surface area contributed by atoms with Gasteiger partial charge < -0.3 is 10.4 Å². The lowest BCUT2D eigenvalue weighted by Crippen LogP contribution is -2.43. The third-order valence-corrected chi connectivity index (χ3v) is 5.46. The molecule has 0 spiro atoms. The molecule has 1 atom stereocenters. The maximum Gasteiger partial charge on any atom is 0.394 e. The van der Waals surface area contributed by atoms with Crippen molar-refractivity contribution < 1.29 is 23.1 Å². The third kappa shape index (κ3) is 2.91. The molecule has 0 radical (unpaired) electrons. The number of nitrogens with one attached hydrogen (secondary N) is 1. The summed E-state index contributed by atoms with van der Waals surface area (Å²) in [7, 11) is 0. The molecule has 0 heterocycles. The Morgan fingerprint density at radius 1 is 1.29 bits per heavy atom. The molecule has 21 heavy (non-hydrogen) atoms. The summed E-state index contributed by atoms with van der Waals surface area (Å²) in [4.78, 5) is 12.5. The standard InChI is InChI=1S/C15H24F3NO2/c1-2-11(4-3-9-20)19-12(21)13-5-7-14(10-13,8-6-13)15(16,17)18/h11,20H,2-10H2,1H3,(H,19,21). The number of aliphatic hydroxyl groups excluding tert-OH is 1. The third-order valence-electron chi connectivity index (χ3n) is 5.46. The highest BCUT2D eigenvalue weighted by atomic mass is 19.4. The maximum atomic E-state index is 13.2. The van der Waals surface area contributed by atoms with Gasteiger partial charge in [-0.3, -0.25) is 4.79 Å². The van der Waals surface area contributed by atoms with E-state index < -0.39 is 17.0 Å². The Balaban J connectivity index is 2.01. The van der Waals surface area contributed by atoms with Gasteiger partial charge in [0.25, 0.3) is 0 Å². The maximum absolute atomic E-state index is 13.2. The van der Waals surface area contributed by atoms with Crippen molar-refractivity contribution in [1.82, 2.24) is 5.32 Å². The number of halogens is 3. The summed E-state index contributed by atoms with van der Waals surface area (Å²) < 4.78 is 39.6. The Bertz CT molecular complexity index is 387. The topological polar surface area (TPSA) is 49.3 Å². The summed E-state index contributed by atoms with van der Waals surface area (Å²) in [5, 5.41) is 11.8. The Hall–Kier alpha value is -0.780. The van der Waals surface area contributed by atoms with Gasteiger partial charge in [-0.05, 0) is 51.4 Å². The van der Waals surface area contributed by atoms with Gasteiger partial charge in [0.2, 0.25) is 5.91 Å². The van der Waals surface area contributed by atoms with Gasteiger partial charge in [0.1, 0.15) is 0 Å². The van der Waals surface area contributed by atoms with Crippen LogP contribution in [0.15, 0.2) is 0 Å². The van der Waals surface area contributed by atoms with E-state index in [9.17, 15) is 18.0 Å². The fraction of sp³-hybridized carbons (Fsp3) is 0.933. The van der Waals surface area contributed by atoms with Gasteiger partial charge in [-0.2, -0.15) is 13.2 Å². The average Bonchev–Trinajstić information content (AvgIpc) is 3.01. The van der Waals surface area contributed by atoms with Crippen LogP contribution in [0.3, 0.4) is 0 Å². The Kier molecular flexibility index (Phi) is 4.57. The Morgan fingerprint density at radius 2 is 1.90 bits per heavy atom. The molecule has 2 aliphatic carbocycles. The molecule has 0 aromatic heterocycles. The molecule has 2 rings (SSSR count). The van der Waals surface area contributed by atoms with Gasteiger partial charge in [0.05, 0.1) is 10.8 Å². The second-order valence-corrected chi connectivity index (χ2v) is 6.68. The summed E-state index contributed by atoms with van der Waals surface area (Å²) in [6.45, 7) is 2.00. The van der Waals surface area contributed by atoms with Crippen molar-refractivity contribution in [2.24, 2.45) is 10.8 Å². The van der Waals surface area contributed by atoms with Crippen LogP contribution in [0.4, 0.5) is 13.2 Å². The van der Waals surface area contributed by atoms with Crippen molar-refractivity contribution in [2.45, 2.75) is 70.5 Å². The largest absolute Gasteiger partial charge is 0.396 e. The van der Waals surface area contributed by atoms with E-state index in [0.29, 0.717) is 25.7 Å². The SMILES string of the molecule is CCC(CCCO)NC(=O)C12CCC(C(F)(F)F)(CC1)C2. The van der Waals surface area contributed by atoms with Crippen molar-refractivity contribution in [3.05, 3.63) is 0 Å². The molecule has 2 saturated carbocycles. The van der Waals surface area contributed by atoms with Crippen molar-refractivity contribution in [3.8, 4) is 0 Å². The fourth-order valence-corrected chi connectivity index (χ4v) is 3.95. The first-order valence-electron chi connectivity index (χ1n) is 7.77. The van der Waals surface area contributed by atoms with Crippen molar-refractivity contribution in [2.75, 3.05) is 6.61 Å². The number of hydrogen-bond donors (Lipinski definition) is 2. The van der Waals surface area contributed by atoms with Gasteiger partial charge in [-0.1, -0.05) is 6.92 Å². The van der Waals surface area contributed by atoms with Crippen LogP contribution in [0.5, 0.6) is 0 Å². The lowest BCUT2D eigenvalue weighted by molar-refractivity contribution is -0.220. The lowest BCUT2D eigenvalue weighted by atomic mass is 9.81. The van der Waals surface area contributed by atoms with Crippen molar-refractivity contribution >= 4 is 5.91 Å². The highest BCUT2D eigenvalue weighted by Gasteiger charge is 2.68. The van der Waals surface area contributed by atoms with Crippen LogP contribution >= 0.6 is 0 Å². The minimum absolute atomic E-state index is 0.0498. The molecule has 2 bridgehead atoms. The van der Waals surface area contributed by atoms with Crippen LogP contribution in [0.1, 0.15) is 58.3 Å². The van der Waals surface area contributed by atoms with E-state index in [1.165, 1.54) is 0 Å². The molecular formula is C15H24F3NO2. The minimum atomic E-state index is -4.20. The lowest BCUT2D eigenvalue weighted by Gasteiger charge is -2.29. The Morgan fingerprint density at radius 3 is 2.33 bits per heavy atom. The summed E-state index contributed by atoms with van der Waals surface area (Å²) in [6, 6.07) is -0.0551. The number of carbonyl (C=O) groups excluding carboxylic acids is 1. The van der Waals surface area contributed by atoms with Crippen LogP contribution in [-0.2, 0) is 4.79 Å². The highest BCUT2D eigenvalue weighted by Crippen LogP contribution is 2.67. The Labute approximate surface area is 123 Å². The molecule has 0 aromatic rings. The second-order valence-electron chi connectivity index (χ2n) is 6.68. The molecule has 1 amide bonds. The van der Waals surface area contributed by atoms with Gasteiger partial charge >= 0.3 is 6.18 Å². The number of rotatable bonds is 6. The molecule has 2 N–H and O–H groups in total. The highest BCUT2D eigenvalue weighted by molar-refractivity contribution is 5.84. The van der Waals surface area contributed by atoms with E-state index in [1.807, 2.05) is 6.92 Å². The van der Waals surface area contributed by atoms with E-state index in [-0.39, 0.29) is 37.8 Å². The summed E-state index contributed by atoms with van der Waals surface area (Å²) >= 11 is 0. The smallest absolute Gasteiger partial charge is 0.394 e. The quantitative estimate of drug-likeness (QED) is 0.792. The van der Waals surface area contributed by atoms with Gasteiger partial charge in [-0.25, -0.2) is 0 Å². The zero-order chi connectivity index (χ0) is 15.7. The van der Waals surface area contributed by atoms with Crippen LogP contribution in [0.25, 0.3) is 0 Å². The molecule has 2 aliphatic rings. The molecule has 0 aromatic carbocycles. The molecule has 0 aliphatic heterocycles. The fourth-order valence-electron chi connectivity index (χ4n) is 3.95. The molecule has 3 nitrogen and oxygen atoms in total. The number of carbonyl (C=O) groups is 1. The summed E-state index contributed by atoms with van der Waals surface area (Å²) in [6.07, 6.45) is -1.42. The van der Waals surface area contributed by atoms with Crippen molar-refractivity contribution in [3.63, 3.8) is 0 Å². The number of amides is 1. The number of hydrogen-bond acceptors (Lipinski definition) is 2. The number of alkyl halides is 3. The van der Waals surface area contributed by atoms with Gasteiger partial charge in [-0.15, -0.1) is 0 Å². The second kappa shape index (κ2) is 5.78. The van der Waals surface area contributed by atoms with Crippen LogP contribution < -0.4 is 5.32 Å². The van der Waals surface area contributed by atoms with E-state index in [4.69, 9.17) is 5.11 Å². The van der Waals surface area contributed by atoms with Crippen LogP contribution in [-0.4, -0.2) is 29.8 Å². The van der Waals surface area contributed by atoms with E-state index in [1.54, 1.807) is 0 Å². The first kappa shape index (κ1) is 16.6. The van der Waals surface area contributed by atoms with E-state index >= 15 is 0 Å². The predicted molar refractivity (Wildman–Crippen MR) is 72.5 cm³/mol. The van der Waals surface area contributed by atoms with Crippen molar-refractivity contribution in [1.29, 1.82) is 0 Å². The zero-order valence-corrected chi connectivity index (χ0v) is 12.4. The number of aliphatic hydroxyl groups is 1. The molecule has 0 saturated heterocycles. The van der Waals surface area contributed by atoms with E-state index in [2.05, 4.69) is 5.32 Å².